The monoisotopic (exact) mass is 1620 g/mol. The summed E-state index contributed by atoms with van der Waals surface area (Å²) in [6.45, 7) is 2.24. The summed E-state index contributed by atoms with van der Waals surface area (Å²) in [6, 6.07) is 39.9. The molecule has 2 aliphatic heterocycles. The van der Waals surface area contributed by atoms with Gasteiger partial charge in [0.15, 0.2) is 0 Å². The normalized spacial score (nSPS) is 12.1. The number of amides is 5. The van der Waals surface area contributed by atoms with Gasteiger partial charge in [-0.1, -0.05) is 46.4 Å². The Morgan fingerprint density at radius 3 is 0.982 bits per heavy atom. The Bertz CT molecular complexity index is 5400. The van der Waals surface area contributed by atoms with Crippen molar-refractivity contribution >= 4 is 159 Å². The molecule has 27 nitrogen and oxygen atoms in total. The molecule has 6 N–H and O–H groups in total. The second-order valence-electron chi connectivity index (χ2n) is 23.0. The first-order chi connectivity index (χ1) is 52.5. The predicted octanol–water partition coefficient (Wildman–Crippen LogP) is 16.6. The lowest BCUT2D eigenvalue weighted by atomic mass is 10.1. The number of rotatable bonds is 18. The van der Waals surface area contributed by atoms with Crippen molar-refractivity contribution in [3.8, 4) is 69.0 Å². The smallest absolute Gasteiger partial charge is 0.341 e. The van der Waals surface area contributed by atoms with Crippen molar-refractivity contribution in [2.45, 2.75) is 0 Å². The fraction of sp³-hybridized carbons (Fsp3) is 0.143. The van der Waals surface area contributed by atoms with Gasteiger partial charge >= 0.3 is 30.0 Å². The number of nitrogens with one attached hydrogen (secondary N) is 2. The van der Waals surface area contributed by atoms with Gasteiger partial charge in [0, 0.05) is 126 Å². The molecule has 0 atom stereocenters. The number of aromatic nitrogens is 4. The molecule has 0 unspecified atom stereocenters. The number of nitrogens with zero attached hydrogens (tertiary/aromatic N) is 6. The van der Waals surface area contributed by atoms with Crippen LogP contribution < -0.4 is 69.8 Å². The summed E-state index contributed by atoms with van der Waals surface area (Å²) in [6.07, 6.45) is 6.41. The summed E-state index contributed by atoms with van der Waals surface area (Å²) >= 11 is 28.2. The van der Waals surface area contributed by atoms with Crippen molar-refractivity contribution in [3.63, 3.8) is 0 Å². The molecule has 2 fully saturated rings. The van der Waals surface area contributed by atoms with Gasteiger partial charge < -0.3 is 74.2 Å². The highest BCUT2D eigenvalue weighted by Crippen LogP contribution is 2.42. The van der Waals surface area contributed by atoms with Crippen LogP contribution >= 0.6 is 62.3 Å². The van der Waals surface area contributed by atoms with E-state index in [9.17, 15) is 28.8 Å². The number of methoxy groups -OCH3 is 7. The number of hydrogen-bond donors (Lipinski definition) is 4. The molecule has 558 valence electrons. The highest BCUT2D eigenvalue weighted by molar-refractivity contribution is 9.10. The molecule has 6 heterocycles. The molecule has 0 aliphatic carbocycles. The van der Waals surface area contributed by atoms with E-state index in [0.29, 0.717) is 182 Å². The molecule has 8 aromatic carbocycles. The van der Waals surface area contributed by atoms with Crippen LogP contribution in [0.1, 0.15) is 41.4 Å². The minimum absolute atomic E-state index is 0.185. The zero-order valence-corrected chi connectivity index (χ0v) is 63.3. The molecular weight excluding hydrogens is 1560 g/mol. The lowest BCUT2D eigenvalue weighted by Gasteiger charge is -2.17. The Balaban J connectivity index is 0.000000145. The number of fused-ring (bicyclic) bond motifs is 4. The maximum absolute atomic E-state index is 12.1. The SMILES string of the molecule is COC(=O)c1cc2c(Oc3ccc(Br)c(Cl)c3)ccnc2cc1OC.COC(=O)c1cc2c(Oc3ccc(N)c(Cl)c3)ccnc2cc1OC.COC(=O)c1cc2c(Oc3ccc(N4CCNC4=O)c(Cl)c3)ccnc2cc1OC.COc1cc2nccc(Oc3ccc(N4CCNC4=O)c(Cl)c3)c2cc1C(N)=O. The average molecular weight is 1620 g/mol. The van der Waals surface area contributed by atoms with Gasteiger partial charge in [0.1, 0.15) is 85.7 Å². The van der Waals surface area contributed by atoms with Crippen LogP contribution in [0.25, 0.3) is 43.6 Å². The Kier molecular flexibility index (Phi) is 24.9. The van der Waals surface area contributed by atoms with Crippen LogP contribution in [0.2, 0.25) is 20.1 Å². The number of anilines is 3. The zero-order chi connectivity index (χ0) is 77.7. The first-order valence-corrected chi connectivity index (χ1v) is 34.7. The van der Waals surface area contributed by atoms with Crippen LogP contribution in [0.3, 0.4) is 0 Å². The molecule has 2 saturated heterocycles. The van der Waals surface area contributed by atoms with E-state index < -0.39 is 23.8 Å². The van der Waals surface area contributed by atoms with Gasteiger partial charge in [-0.2, -0.15) is 0 Å². The maximum atomic E-state index is 12.1. The maximum Gasteiger partial charge on any atom is 0.341 e. The molecule has 0 bridgehead atoms. The molecule has 14 rings (SSSR count). The van der Waals surface area contributed by atoms with Crippen molar-refractivity contribution in [2.75, 3.05) is 91.5 Å². The van der Waals surface area contributed by atoms with E-state index in [-0.39, 0.29) is 28.8 Å². The number of carbonyl (C=O) groups is 6. The van der Waals surface area contributed by atoms with Gasteiger partial charge in [-0.3, -0.25) is 34.5 Å². The summed E-state index contributed by atoms with van der Waals surface area (Å²) in [5, 5.41) is 9.68. The molecule has 0 radical (unpaired) electrons. The largest absolute Gasteiger partial charge is 0.496 e. The molecule has 12 aromatic rings. The first-order valence-electron chi connectivity index (χ1n) is 32.4. The highest BCUT2D eigenvalue weighted by Gasteiger charge is 2.27. The van der Waals surface area contributed by atoms with E-state index in [1.54, 1.807) is 180 Å². The number of carbonyl (C=O) groups excluding carboxylic acids is 6. The lowest BCUT2D eigenvalue weighted by Crippen LogP contribution is -2.27. The van der Waals surface area contributed by atoms with Crippen molar-refractivity contribution in [3.05, 3.63) is 217 Å². The Labute approximate surface area is 649 Å². The fourth-order valence-corrected chi connectivity index (χ4v) is 12.3. The van der Waals surface area contributed by atoms with Gasteiger partial charge in [0.05, 0.1) is 115 Å². The first kappa shape index (κ1) is 77.8. The van der Waals surface area contributed by atoms with Crippen LogP contribution in [-0.2, 0) is 14.2 Å². The van der Waals surface area contributed by atoms with E-state index in [0.717, 1.165) is 4.47 Å². The number of nitrogen functional groups attached to an aromatic ring is 1. The van der Waals surface area contributed by atoms with Crippen LogP contribution in [0.15, 0.2) is 175 Å². The number of urea groups is 2. The van der Waals surface area contributed by atoms with Gasteiger partial charge in [0.25, 0.3) is 5.91 Å². The third-order valence-electron chi connectivity index (χ3n) is 16.5. The molecule has 5 amide bonds. The number of ether oxygens (including phenoxy) is 11. The standard InChI is InChI=1S/C21H18ClN3O5.C20H17ClN4O4.C18H13BrClNO4.C18H15ClN2O4/c1-28-19-11-16-13(10-14(19)20(26)29-2)18(5-6-23-16)30-12-3-4-17(15(22)9-12)25-8-7-24-21(25)27;1-28-18-10-15-12(9-13(18)19(22)26)17(4-5-23-15)29-11-2-3-16(14(21)8-11)25-7-6-24-20(25)27;1-23-17-9-15-11(8-12(17)18(22)24-2)16(5-6-21-15)25-10-3-4-13(19)14(20)7-10;1-23-17-9-15-11(8-12(17)18(22)24-2)16(5-6-21-15)25-10-3-4-14(20)13(19)7-10/h3-6,9-11H,7-8H2,1-2H3,(H,24,27);2-5,8-10H,6-7H2,1H3,(H2,22,26)(H,24,27);3-9H,1-2H3;3-9H,20H2,1-2H3. The molecule has 109 heavy (non-hydrogen) atoms. The van der Waals surface area contributed by atoms with Crippen molar-refractivity contribution < 1.29 is 80.9 Å². The summed E-state index contributed by atoms with van der Waals surface area (Å²) < 4.78 is 60.1. The van der Waals surface area contributed by atoms with Crippen LogP contribution in [0.4, 0.5) is 26.7 Å². The quantitative estimate of drug-likeness (QED) is 0.0352. The third-order valence-corrected chi connectivity index (χ3v) is 18.6. The Morgan fingerprint density at radius 2 is 0.697 bits per heavy atom. The summed E-state index contributed by atoms with van der Waals surface area (Å²) in [4.78, 5) is 92.0. The third kappa shape index (κ3) is 17.7. The predicted molar refractivity (Wildman–Crippen MR) is 415 cm³/mol. The minimum Gasteiger partial charge on any atom is -0.496 e. The van der Waals surface area contributed by atoms with E-state index in [1.165, 1.54) is 49.8 Å². The second kappa shape index (κ2) is 34.9. The van der Waals surface area contributed by atoms with E-state index in [1.807, 2.05) is 0 Å². The highest BCUT2D eigenvalue weighted by atomic mass is 79.9. The number of esters is 3. The summed E-state index contributed by atoms with van der Waals surface area (Å²) in [5.74, 6) is 3.34. The molecule has 0 spiro atoms. The average Bonchev–Trinajstić information content (AvgIpc) is 1.42. The Hall–Kier alpha value is -12.3. The number of pyridine rings is 4. The zero-order valence-electron chi connectivity index (χ0n) is 58.7. The second-order valence-corrected chi connectivity index (χ2v) is 25.5. The summed E-state index contributed by atoms with van der Waals surface area (Å²) in [7, 11) is 9.81. The van der Waals surface area contributed by atoms with Crippen molar-refractivity contribution in [1.29, 1.82) is 0 Å². The van der Waals surface area contributed by atoms with Crippen LogP contribution in [0.5, 0.6) is 69.0 Å². The topological polar surface area (TPSA) is 338 Å². The summed E-state index contributed by atoms with van der Waals surface area (Å²) in [5.41, 5.74) is 16.3. The molecule has 0 saturated carbocycles. The number of nitrogens with two attached hydrogens (primary N) is 2. The molecule has 32 heteroatoms. The van der Waals surface area contributed by atoms with E-state index in [2.05, 4.69) is 46.5 Å². The van der Waals surface area contributed by atoms with E-state index in [4.69, 9.17) is 110 Å². The number of benzene rings is 8. The van der Waals surface area contributed by atoms with E-state index >= 15 is 0 Å². The minimum atomic E-state index is -0.616. The molecule has 4 aromatic heterocycles. The van der Waals surface area contributed by atoms with Crippen molar-refractivity contribution in [1.82, 2.24) is 30.6 Å². The van der Waals surface area contributed by atoms with Gasteiger partial charge in [-0.05, 0) is 113 Å². The fourth-order valence-electron chi connectivity index (χ4n) is 11.2. The van der Waals surface area contributed by atoms with Crippen LogP contribution in [-0.4, -0.2) is 132 Å². The van der Waals surface area contributed by atoms with Gasteiger partial charge in [-0.15, -0.1) is 0 Å². The van der Waals surface area contributed by atoms with Crippen LogP contribution in [0, 0.1) is 0 Å². The number of halogens is 5. The lowest BCUT2D eigenvalue weighted by molar-refractivity contribution is 0.0588. The number of hydrogen-bond acceptors (Lipinski definition) is 22. The molecular formula is C77H63BrCl4N10O17. The van der Waals surface area contributed by atoms with Crippen molar-refractivity contribution in [2.24, 2.45) is 5.73 Å². The van der Waals surface area contributed by atoms with Gasteiger partial charge in [0.2, 0.25) is 0 Å². The number of primary amides is 1. The Morgan fingerprint density at radius 1 is 0.394 bits per heavy atom. The molecule has 2 aliphatic rings. The van der Waals surface area contributed by atoms with Gasteiger partial charge in [-0.25, -0.2) is 24.0 Å².